The Balaban J connectivity index is 1.90. The first-order valence-corrected chi connectivity index (χ1v) is 9.20. The molecule has 0 N–H and O–H groups in total. The molecule has 3 nitrogen and oxygen atoms in total. The van der Waals surface area contributed by atoms with E-state index in [0.29, 0.717) is 18.0 Å². The molecule has 1 fully saturated rings. The van der Waals surface area contributed by atoms with Crippen LogP contribution >= 0.6 is 0 Å². The Morgan fingerprint density at radius 1 is 1.04 bits per heavy atom. The zero-order valence-electron chi connectivity index (χ0n) is 13.2. The number of sulfonamides is 1. The van der Waals surface area contributed by atoms with Gasteiger partial charge >= 0.3 is 0 Å². The fraction of sp³-hybridized carbons (Fsp3) is 0.263. The van der Waals surface area contributed by atoms with E-state index in [-0.39, 0.29) is 11.8 Å². The maximum absolute atomic E-state index is 12.9. The van der Waals surface area contributed by atoms with Gasteiger partial charge in [0.1, 0.15) is 0 Å². The molecule has 2 aromatic carbocycles. The number of hydrogen-bond acceptors (Lipinski definition) is 2. The van der Waals surface area contributed by atoms with Gasteiger partial charge in [-0.15, -0.1) is 6.58 Å². The van der Waals surface area contributed by atoms with Gasteiger partial charge in [-0.1, -0.05) is 54.1 Å². The molecule has 0 saturated carbocycles. The molecule has 1 saturated heterocycles. The topological polar surface area (TPSA) is 37.4 Å². The first-order valence-electron chi connectivity index (χ1n) is 7.76. The van der Waals surface area contributed by atoms with Gasteiger partial charge in [0.05, 0.1) is 4.90 Å². The lowest BCUT2D eigenvalue weighted by molar-refractivity contribution is 0.469. The third kappa shape index (κ3) is 3.09. The fourth-order valence-electron chi connectivity index (χ4n) is 3.14. The van der Waals surface area contributed by atoms with E-state index in [9.17, 15) is 8.42 Å². The zero-order chi connectivity index (χ0) is 16.4. The Kier molecular flexibility index (Phi) is 4.37. The normalized spacial score (nSPS) is 22.1. The lowest BCUT2D eigenvalue weighted by Crippen LogP contribution is -2.29. The van der Waals surface area contributed by atoms with Gasteiger partial charge in [-0.25, -0.2) is 8.42 Å². The minimum absolute atomic E-state index is 0.137. The Hall–Kier alpha value is -1.91. The average molecular weight is 327 g/mol. The van der Waals surface area contributed by atoms with Crippen LogP contribution in [-0.4, -0.2) is 25.8 Å². The van der Waals surface area contributed by atoms with E-state index in [2.05, 4.69) is 18.7 Å². The van der Waals surface area contributed by atoms with Crippen LogP contribution in [0.2, 0.25) is 0 Å². The van der Waals surface area contributed by atoms with Crippen molar-refractivity contribution in [3.05, 3.63) is 78.4 Å². The van der Waals surface area contributed by atoms with Crippen LogP contribution in [0.25, 0.3) is 0 Å². The maximum atomic E-state index is 12.9. The summed E-state index contributed by atoms with van der Waals surface area (Å²) in [4.78, 5) is 0.361. The predicted octanol–water partition coefficient (Wildman–Crippen LogP) is 3.59. The average Bonchev–Trinajstić information content (AvgIpc) is 3.01. The van der Waals surface area contributed by atoms with Gasteiger partial charge < -0.3 is 0 Å². The summed E-state index contributed by atoms with van der Waals surface area (Å²) in [6, 6.07) is 17.1. The van der Waals surface area contributed by atoms with Gasteiger partial charge in [-0.3, -0.25) is 0 Å². The molecule has 2 atom stereocenters. The van der Waals surface area contributed by atoms with E-state index >= 15 is 0 Å². The summed E-state index contributed by atoms with van der Waals surface area (Å²) in [6.45, 7) is 6.83. The van der Waals surface area contributed by atoms with Crippen molar-refractivity contribution in [2.24, 2.45) is 5.92 Å². The second kappa shape index (κ2) is 6.30. The summed E-state index contributed by atoms with van der Waals surface area (Å²) in [7, 11) is -3.45. The number of rotatable bonds is 4. The van der Waals surface area contributed by atoms with E-state index in [4.69, 9.17) is 0 Å². The molecule has 0 radical (unpaired) electrons. The largest absolute Gasteiger partial charge is 0.243 e. The summed E-state index contributed by atoms with van der Waals surface area (Å²) < 4.78 is 27.3. The van der Waals surface area contributed by atoms with Crippen LogP contribution in [0.15, 0.2) is 72.1 Å². The first-order chi connectivity index (χ1) is 11.0. The third-order valence-corrected chi connectivity index (χ3v) is 6.37. The van der Waals surface area contributed by atoms with Crippen molar-refractivity contribution in [1.82, 2.24) is 4.31 Å². The number of benzene rings is 2. The molecule has 4 heteroatoms. The lowest BCUT2D eigenvalue weighted by Gasteiger charge is -2.17. The molecule has 1 aliphatic heterocycles. The first kappa shape index (κ1) is 16.0. The molecule has 0 spiro atoms. The summed E-state index contributed by atoms with van der Waals surface area (Å²) in [5.41, 5.74) is 2.22. The van der Waals surface area contributed by atoms with Crippen molar-refractivity contribution in [3.8, 4) is 0 Å². The van der Waals surface area contributed by atoms with E-state index in [1.807, 2.05) is 43.3 Å². The van der Waals surface area contributed by atoms with Crippen LogP contribution in [0.1, 0.15) is 17.0 Å². The molecule has 0 bridgehead atoms. The Bertz CT molecular complexity index is 782. The Morgan fingerprint density at radius 3 is 2.30 bits per heavy atom. The molecule has 1 heterocycles. The molecule has 3 rings (SSSR count). The van der Waals surface area contributed by atoms with Gasteiger partial charge in [0.15, 0.2) is 0 Å². The molecule has 0 aliphatic carbocycles. The monoisotopic (exact) mass is 327 g/mol. The molecule has 2 aromatic rings. The van der Waals surface area contributed by atoms with Crippen LogP contribution in [0, 0.1) is 12.8 Å². The van der Waals surface area contributed by atoms with E-state index in [1.165, 1.54) is 5.56 Å². The van der Waals surface area contributed by atoms with Crippen LogP contribution in [0.3, 0.4) is 0 Å². The van der Waals surface area contributed by atoms with Crippen LogP contribution in [0.5, 0.6) is 0 Å². The van der Waals surface area contributed by atoms with Crippen molar-refractivity contribution in [1.29, 1.82) is 0 Å². The van der Waals surface area contributed by atoms with Crippen molar-refractivity contribution in [2.75, 3.05) is 13.1 Å². The highest BCUT2D eigenvalue weighted by molar-refractivity contribution is 7.89. The quantitative estimate of drug-likeness (QED) is 0.805. The smallest absolute Gasteiger partial charge is 0.207 e. The second-order valence-corrected chi connectivity index (χ2v) is 7.99. The second-order valence-electron chi connectivity index (χ2n) is 6.05. The minimum atomic E-state index is -3.45. The molecule has 0 aromatic heterocycles. The van der Waals surface area contributed by atoms with Crippen molar-refractivity contribution >= 4 is 10.0 Å². The zero-order valence-corrected chi connectivity index (χ0v) is 14.0. The van der Waals surface area contributed by atoms with Crippen LogP contribution in [-0.2, 0) is 10.0 Å². The number of aryl methyl sites for hydroxylation is 1. The molecule has 0 amide bonds. The summed E-state index contributed by atoms with van der Waals surface area (Å²) in [6.07, 6.45) is 1.88. The summed E-state index contributed by atoms with van der Waals surface area (Å²) >= 11 is 0. The maximum Gasteiger partial charge on any atom is 0.243 e. The fourth-order valence-corrected chi connectivity index (χ4v) is 4.64. The molecular weight excluding hydrogens is 306 g/mol. The highest BCUT2D eigenvalue weighted by atomic mass is 32.2. The van der Waals surface area contributed by atoms with E-state index < -0.39 is 10.0 Å². The summed E-state index contributed by atoms with van der Waals surface area (Å²) in [5, 5.41) is 0. The van der Waals surface area contributed by atoms with Gasteiger partial charge in [0.25, 0.3) is 0 Å². The van der Waals surface area contributed by atoms with Crippen LogP contribution < -0.4 is 0 Å². The minimum Gasteiger partial charge on any atom is -0.207 e. The van der Waals surface area contributed by atoms with E-state index in [1.54, 1.807) is 16.4 Å². The molecule has 0 unspecified atom stereocenters. The van der Waals surface area contributed by atoms with Crippen molar-refractivity contribution < 1.29 is 8.42 Å². The SMILES string of the molecule is C=C[C@H]1CN(S(=O)(=O)c2ccc(C)cc2)C[C@@H]1c1ccccc1. The number of nitrogens with zero attached hydrogens (tertiary/aromatic N) is 1. The van der Waals surface area contributed by atoms with Crippen molar-refractivity contribution in [2.45, 2.75) is 17.7 Å². The molecule has 120 valence electrons. The van der Waals surface area contributed by atoms with Gasteiger partial charge in [-0.2, -0.15) is 4.31 Å². The third-order valence-electron chi connectivity index (χ3n) is 4.52. The summed E-state index contributed by atoms with van der Waals surface area (Å²) in [5.74, 6) is 0.298. The highest BCUT2D eigenvalue weighted by Crippen LogP contribution is 2.36. The molecule has 23 heavy (non-hydrogen) atoms. The number of hydrogen-bond donors (Lipinski definition) is 0. The predicted molar refractivity (Wildman–Crippen MR) is 92.8 cm³/mol. The lowest BCUT2D eigenvalue weighted by atomic mass is 9.89. The van der Waals surface area contributed by atoms with Gasteiger partial charge in [0, 0.05) is 19.0 Å². The van der Waals surface area contributed by atoms with E-state index in [0.717, 1.165) is 5.56 Å². The Morgan fingerprint density at radius 2 is 1.70 bits per heavy atom. The van der Waals surface area contributed by atoms with Gasteiger partial charge in [-0.05, 0) is 30.5 Å². The van der Waals surface area contributed by atoms with Crippen LogP contribution in [0.4, 0.5) is 0 Å². The van der Waals surface area contributed by atoms with Crippen molar-refractivity contribution in [3.63, 3.8) is 0 Å². The standard InChI is InChI=1S/C19H21NO2S/c1-3-16-13-20(14-19(16)17-7-5-4-6-8-17)23(21,22)18-11-9-15(2)10-12-18/h3-12,16,19H,1,13-14H2,2H3/t16-,19-/m0/s1. The Labute approximate surface area is 138 Å². The molecular formula is C19H21NO2S. The molecule has 1 aliphatic rings. The highest BCUT2D eigenvalue weighted by Gasteiger charge is 2.38. The van der Waals surface area contributed by atoms with Gasteiger partial charge in [0.2, 0.25) is 10.0 Å².